The van der Waals surface area contributed by atoms with Gasteiger partial charge in [-0.15, -0.1) is 11.8 Å². The number of methoxy groups -OCH3 is 2. The molecule has 29 heavy (non-hydrogen) atoms. The van der Waals surface area contributed by atoms with Crippen LogP contribution in [0, 0.1) is 5.92 Å². The number of hydrogen-bond donors (Lipinski definition) is 2. The predicted molar refractivity (Wildman–Crippen MR) is 110 cm³/mol. The molecular formula is C20H27N3O5S. The minimum atomic E-state index is -1.08. The van der Waals surface area contributed by atoms with Gasteiger partial charge in [-0.25, -0.2) is 4.79 Å². The maximum Gasteiger partial charge on any atom is 0.404 e. The molecule has 4 rings (SSSR count). The van der Waals surface area contributed by atoms with Gasteiger partial charge in [0.2, 0.25) is 5.91 Å². The van der Waals surface area contributed by atoms with Crippen molar-refractivity contribution in [2.45, 2.75) is 24.9 Å². The summed E-state index contributed by atoms with van der Waals surface area (Å²) in [6.07, 6.45) is 0.343. The van der Waals surface area contributed by atoms with Gasteiger partial charge in [0.1, 0.15) is 0 Å². The van der Waals surface area contributed by atoms with Crippen LogP contribution in [0.4, 0.5) is 4.79 Å². The predicted octanol–water partition coefficient (Wildman–Crippen LogP) is 1.79. The van der Waals surface area contributed by atoms with Crippen LogP contribution in [-0.2, 0) is 11.2 Å². The number of hydrogen-bond acceptors (Lipinski definition) is 6. The summed E-state index contributed by atoms with van der Waals surface area (Å²) in [5.41, 5.74) is 2.33. The molecule has 0 bridgehead atoms. The molecule has 8 nitrogen and oxygen atoms in total. The Kier molecular flexibility index (Phi) is 5.78. The van der Waals surface area contributed by atoms with Crippen LogP contribution >= 0.6 is 11.8 Å². The normalized spacial score (nSPS) is 26.4. The van der Waals surface area contributed by atoms with Crippen molar-refractivity contribution in [1.29, 1.82) is 0 Å². The van der Waals surface area contributed by atoms with E-state index in [-0.39, 0.29) is 17.9 Å². The molecule has 158 valence electrons. The average molecular weight is 422 g/mol. The summed E-state index contributed by atoms with van der Waals surface area (Å²) < 4.78 is 10.9. The van der Waals surface area contributed by atoms with Gasteiger partial charge in [0.25, 0.3) is 0 Å². The first-order valence-electron chi connectivity index (χ1n) is 9.86. The molecule has 0 spiro atoms. The van der Waals surface area contributed by atoms with E-state index in [0.29, 0.717) is 30.3 Å². The van der Waals surface area contributed by atoms with Crippen LogP contribution < -0.4 is 14.8 Å². The van der Waals surface area contributed by atoms with Gasteiger partial charge < -0.3 is 24.8 Å². The Hall–Kier alpha value is -2.13. The molecule has 3 heterocycles. The Balaban J connectivity index is 1.63. The third-order valence-electron chi connectivity index (χ3n) is 6.20. The Morgan fingerprint density at radius 2 is 1.97 bits per heavy atom. The highest BCUT2D eigenvalue weighted by Crippen LogP contribution is 2.43. The Morgan fingerprint density at radius 1 is 1.21 bits per heavy atom. The van der Waals surface area contributed by atoms with Crippen molar-refractivity contribution in [2.75, 3.05) is 45.5 Å². The van der Waals surface area contributed by atoms with Crippen molar-refractivity contribution in [3.8, 4) is 11.5 Å². The topological polar surface area (TPSA) is 91.3 Å². The van der Waals surface area contributed by atoms with Gasteiger partial charge >= 0.3 is 6.09 Å². The number of nitrogens with zero attached hydrogens (tertiary/aromatic N) is 2. The lowest BCUT2D eigenvalue weighted by Gasteiger charge is -2.47. The summed E-state index contributed by atoms with van der Waals surface area (Å²) in [7, 11) is 3.24. The molecule has 3 atom stereocenters. The van der Waals surface area contributed by atoms with E-state index in [4.69, 9.17) is 9.47 Å². The summed E-state index contributed by atoms with van der Waals surface area (Å²) in [5.74, 6) is 2.71. The Labute approximate surface area is 174 Å². The van der Waals surface area contributed by atoms with E-state index in [1.165, 1.54) is 5.56 Å². The first-order valence-corrected chi connectivity index (χ1v) is 11.0. The highest BCUT2D eigenvalue weighted by molar-refractivity contribution is 7.99. The van der Waals surface area contributed by atoms with Crippen molar-refractivity contribution in [3.05, 3.63) is 23.3 Å². The highest BCUT2D eigenvalue weighted by Gasteiger charge is 2.44. The molecule has 3 aliphatic rings. The summed E-state index contributed by atoms with van der Waals surface area (Å²) in [4.78, 5) is 28.7. The molecule has 3 aliphatic heterocycles. The number of piperidine rings is 1. The summed E-state index contributed by atoms with van der Waals surface area (Å²) in [6, 6.07) is 3.66. The van der Waals surface area contributed by atoms with Crippen LogP contribution in [0.3, 0.4) is 0 Å². The number of carbonyl (C=O) groups is 2. The second-order valence-electron chi connectivity index (χ2n) is 7.70. The fourth-order valence-electron chi connectivity index (χ4n) is 4.75. The Morgan fingerprint density at radius 3 is 2.62 bits per heavy atom. The fourth-order valence-corrected chi connectivity index (χ4v) is 5.71. The molecule has 2 N–H and O–H groups in total. The van der Waals surface area contributed by atoms with Gasteiger partial charge in [-0.3, -0.25) is 9.69 Å². The molecule has 0 radical (unpaired) electrons. The van der Waals surface area contributed by atoms with Gasteiger partial charge in [0.15, 0.2) is 11.5 Å². The van der Waals surface area contributed by atoms with E-state index in [1.807, 2.05) is 17.0 Å². The number of rotatable bonds is 4. The van der Waals surface area contributed by atoms with Crippen LogP contribution in [0.25, 0.3) is 0 Å². The number of nitrogens with one attached hydrogen (secondary N) is 1. The maximum absolute atomic E-state index is 13.1. The SMILES string of the molecule is COc1cc2c(cc1OC)C1CC(NC(=O)O)C(C(=O)N3CCSC3)CN1CC2. The highest BCUT2D eigenvalue weighted by atomic mass is 32.2. The third-order valence-corrected chi connectivity index (χ3v) is 7.16. The van der Waals surface area contributed by atoms with Crippen molar-refractivity contribution < 1.29 is 24.2 Å². The standard InChI is InChI=1S/C20H27N3O5S/c1-27-17-7-12-3-4-22-10-14(19(24)23-5-6-29-11-23)15(21-20(25)26)9-16(22)13(12)8-18(17)28-2/h7-8,14-16,21H,3-6,9-11H2,1-2H3,(H,25,26). The van der Waals surface area contributed by atoms with Crippen LogP contribution in [0.2, 0.25) is 0 Å². The first-order chi connectivity index (χ1) is 14.0. The zero-order chi connectivity index (χ0) is 20.5. The van der Waals surface area contributed by atoms with Crippen molar-refractivity contribution in [1.82, 2.24) is 15.1 Å². The van der Waals surface area contributed by atoms with Crippen molar-refractivity contribution in [3.63, 3.8) is 0 Å². The molecule has 2 fully saturated rings. The molecule has 9 heteroatoms. The lowest BCUT2D eigenvalue weighted by Crippen LogP contribution is -2.57. The van der Waals surface area contributed by atoms with E-state index in [0.717, 1.165) is 30.8 Å². The van der Waals surface area contributed by atoms with Crippen LogP contribution in [0.1, 0.15) is 23.6 Å². The molecule has 0 aliphatic carbocycles. The zero-order valence-electron chi connectivity index (χ0n) is 16.7. The summed E-state index contributed by atoms with van der Waals surface area (Å²) in [5, 5.41) is 12.0. The number of benzene rings is 1. The fraction of sp³-hybridized carbons (Fsp3) is 0.600. The minimum absolute atomic E-state index is 0.0485. The van der Waals surface area contributed by atoms with Gasteiger partial charge in [-0.1, -0.05) is 0 Å². The number of fused-ring (bicyclic) bond motifs is 3. The minimum Gasteiger partial charge on any atom is -0.493 e. The largest absolute Gasteiger partial charge is 0.493 e. The summed E-state index contributed by atoms with van der Waals surface area (Å²) >= 11 is 1.74. The average Bonchev–Trinajstić information content (AvgIpc) is 3.26. The van der Waals surface area contributed by atoms with Gasteiger partial charge in [-0.05, 0) is 36.1 Å². The second kappa shape index (κ2) is 8.31. The lowest BCUT2D eigenvalue weighted by atomic mass is 9.80. The third kappa shape index (κ3) is 3.85. The quantitative estimate of drug-likeness (QED) is 0.766. The number of carbonyl (C=O) groups excluding carboxylic acids is 1. The van der Waals surface area contributed by atoms with Crippen LogP contribution in [0.15, 0.2) is 12.1 Å². The van der Waals surface area contributed by atoms with Gasteiger partial charge in [-0.2, -0.15) is 0 Å². The Bertz CT molecular complexity index is 799. The molecular weight excluding hydrogens is 394 g/mol. The molecule has 0 aromatic heterocycles. The maximum atomic E-state index is 13.1. The van der Waals surface area contributed by atoms with E-state index >= 15 is 0 Å². The number of carboxylic acid groups (broad SMARTS) is 1. The number of thioether (sulfide) groups is 1. The monoisotopic (exact) mass is 421 g/mol. The van der Waals surface area contributed by atoms with E-state index < -0.39 is 12.1 Å². The van der Waals surface area contributed by atoms with E-state index in [2.05, 4.69) is 10.2 Å². The van der Waals surface area contributed by atoms with E-state index in [1.54, 1.807) is 26.0 Å². The molecule has 2 saturated heterocycles. The lowest BCUT2D eigenvalue weighted by molar-refractivity contribution is -0.137. The molecule has 3 unspecified atom stereocenters. The first kappa shape index (κ1) is 20.2. The number of amides is 2. The zero-order valence-corrected chi connectivity index (χ0v) is 17.5. The number of ether oxygens (including phenoxy) is 2. The molecule has 1 aromatic rings. The van der Waals surface area contributed by atoms with Gasteiger partial charge in [0.05, 0.1) is 26.0 Å². The molecule has 1 aromatic carbocycles. The van der Waals surface area contributed by atoms with E-state index in [9.17, 15) is 14.7 Å². The molecule has 0 saturated carbocycles. The second-order valence-corrected chi connectivity index (χ2v) is 8.78. The molecule has 2 amide bonds. The van der Waals surface area contributed by atoms with Crippen LogP contribution in [0.5, 0.6) is 11.5 Å². The van der Waals surface area contributed by atoms with Gasteiger partial charge in [0, 0.05) is 37.5 Å². The summed E-state index contributed by atoms with van der Waals surface area (Å²) in [6.45, 7) is 2.14. The smallest absolute Gasteiger partial charge is 0.404 e. The van der Waals surface area contributed by atoms with Crippen molar-refractivity contribution in [2.24, 2.45) is 5.92 Å². The van der Waals surface area contributed by atoms with Crippen LogP contribution in [-0.4, -0.2) is 78.4 Å². The van der Waals surface area contributed by atoms with Crippen molar-refractivity contribution >= 4 is 23.8 Å².